The Morgan fingerprint density at radius 2 is 1.25 bits per heavy atom. The van der Waals surface area contributed by atoms with Gasteiger partial charge in [0, 0.05) is 5.92 Å². The minimum atomic E-state index is 0.452. The van der Waals surface area contributed by atoms with Crippen LogP contribution >= 0.6 is 0 Å². The molecule has 0 aromatic heterocycles. The van der Waals surface area contributed by atoms with Crippen LogP contribution in [0, 0.1) is 0 Å². The standard InChI is InChI=1S/C20H18/c1-14(17-10-8-15-4-2-6-19(15)12-17)18-11-9-16-5-3-7-20(16)13-18/h2-3,6-14H,4-5H2,1H3. The van der Waals surface area contributed by atoms with Crippen molar-refractivity contribution in [3.8, 4) is 0 Å². The fraction of sp³-hybridized carbons (Fsp3) is 0.200. The lowest BCUT2D eigenvalue weighted by Crippen LogP contribution is -1.98. The second-order valence-corrected chi connectivity index (χ2v) is 5.85. The molecule has 0 saturated heterocycles. The Hall–Kier alpha value is -2.08. The second kappa shape index (κ2) is 4.49. The summed E-state index contributed by atoms with van der Waals surface area (Å²) in [4.78, 5) is 0. The van der Waals surface area contributed by atoms with Gasteiger partial charge in [0.1, 0.15) is 0 Å². The molecule has 2 aliphatic rings. The van der Waals surface area contributed by atoms with Gasteiger partial charge in [-0.25, -0.2) is 0 Å². The van der Waals surface area contributed by atoms with Crippen molar-refractivity contribution in [2.24, 2.45) is 0 Å². The number of fused-ring (bicyclic) bond motifs is 2. The fourth-order valence-electron chi connectivity index (χ4n) is 3.27. The minimum Gasteiger partial charge on any atom is -0.0795 e. The summed E-state index contributed by atoms with van der Waals surface area (Å²) in [5.74, 6) is 0.452. The first-order chi connectivity index (χ1) is 9.81. The molecule has 0 spiro atoms. The van der Waals surface area contributed by atoms with Gasteiger partial charge in [-0.1, -0.05) is 67.6 Å². The van der Waals surface area contributed by atoms with E-state index in [1.807, 2.05) is 0 Å². The quantitative estimate of drug-likeness (QED) is 0.713. The van der Waals surface area contributed by atoms with Crippen LogP contribution in [0.3, 0.4) is 0 Å². The average Bonchev–Trinajstić information content (AvgIpc) is 3.13. The highest BCUT2D eigenvalue weighted by molar-refractivity contribution is 5.63. The molecular weight excluding hydrogens is 240 g/mol. The van der Waals surface area contributed by atoms with Crippen LogP contribution in [-0.2, 0) is 12.8 Å². The Bertz CT molecular complexity index is 668. The van der Waals surface area contributed by atoms with E-state index in [0.717, 1.165) is 12.8 Å². The van der Waals surface area contributed by atoms with Crippen molar-refractivity contribution in [3.05, 3.63) is 81.9 Å². The van der Waals surface area contributed by atoms with Gasteiger partial charge < -0.3 is 0 Å². The Kier molecular flexibility index (Phi) is 2.63. The van der Waals surface area contributed by atoms with Crippen LogP contribution in [0.2, 0.25) is 0 Å². The molecule has 0 amide bonds. The number of benzene rings is 2. The molecule has 2 aromatic rings. The molecule has 4 rings (SSSR count). The number of rotatable bonds is 2. The topological polar surface area (TPSA) is 0 Å². The summed E-state index contributed by atoms with van der Waals surface area (Å²) >= 11 is 0. The summed E-state index contributed by atoms with van der Waals surface area (Å²) in [6.45, 7) is 2.31. The van der Waals surface area contributed by atoms with Gasteiger partial charge in [0.25, 0.3) is 0 Å². The number of hydrogen-bond donors (Lipinski definition) is 0. The predicted octanol–water partition coefficient (Wildman–Crippen LogP) is 4.98. The van der Waals surface area contributed by atoms with Crippen LogP contribution in [-0.4, -0.2) is 0 Å². The van der Waals surface area contributed by atoms with Crippen molar-refractivity contribution in [1.82, 2.24) is 0 Å². The maximum atomic E-state index is 2.35. The molecule has 0 atom stereocenters. The van der Waals surface area contributed by atoms with Crippen LogP contribution < -0.4 is 0 Å². The monoisotopic (exact) mass is 258 g/mol. The van der Waals surface area contributed by atoms with Crippen LogP contribution in [0.4, 0.5) is 0 Å². The Morgan fingerprint density at radius 3 is 1.75 bits per heavy atom. The molecule has 0 unspecified atom stereocenters. The van der Waals surface area contributed by atoms with Crippen molar-refractivity contribution >= 4 is 12.2 Å². The zero-order valence-electron chi connectivity index (χ0n) is 11.8. The van der Waals surface area contributed by atoms with Crippen molar-refractivity contribution in [3.63, 3.8) is 0 Å². The lowest BCUT2D eigenvalue weighted by atomic mass is 9.89. The van der Waals surface area contributed by atoms with Crippen molar-refractivity contribution in [1.29, 1.82) is 0 Å². The van der Waals surface area contributed by atoms with Gasteiger partial charge in [-0.15, -0.1) is 0 Å². The molecule has 20 heavy (non-hydrogen) atoms. The van der Waals surface area contributed by atoms with Crippen LogP contribution in [0.25, 0.3) is 12.2 Å². The first-order valence-electron chi connectivity index (χ1n) is 7.40. The third kappa shape index (κ3) is 1.84. The molecular formula is C20H18. The van der Waals surface area contributed by atoms with Gasteiger partial charge in [-0.05, 0) is 46.2 Å². The van der Waals surface area contributed by atoms with E-state index in [0.29, 0.717) is 5.92 Å². The van der Waals surface area contributed by atoms with E-state index in [9.17, 15) is 0 Å². The third-order valence-electron chi connectivity index (χ3n) is 4.61. The molecule has 0 nitrogen and oxygen atoms in total. The van der Waals surface area contributed by atoms with E-state index < -0.39 is 0 Å². The van der Waals surface area contributed by atoms with Gasteiger partial charge in [0.05, 0.1) is 0 Å². The molecule has 0 aliphatic heterocycles. The predicted molar refractivity (Wildman–Crippen MR) is 85.9 cm³/mol. The van der Waals surface area contributed by atoms with E-state index in [1.54, 1.807) is 0 Å². The molecule has 0 fully saturated rings. The molecule has 2 aromatic carbocycles. The van der Waals surface area contributed by atoms with E-state index in [-0.39, 0.29) is 0 Å². The van der Waals surface area contributed by atoms with E-state index in [2.05, 4.69) is 67.6 Å². The molecule has 0 N–H and O–H groups in total. The smallest absolute Gasteiger partial charge is 0.00614 e. The van der Waals surface area contributed by atoms with Crippen molar-refractivity contribution in [2.45, 2.75) is 25.7 Å². The van der Waals surface area contributed by atoms with Gasteiger partial charge in [0.2, 0.25) is 0 Å². The summed E-state index contributed by atoms with van der Waals surface area (Å²) < 4.78 is 0. The zero-order valence-corrected chi connectivity index (χ0v) is 11.8. The first kappa shape index (κ1) is 11.7. The van der Waals surface area contributed by atoms with E-state index in [4.69, 9.17) is 0 Å². The molecule has 0 radical (unpaired) electrons. The number of allylic oxidation sites excluding steroid dienone is 2. The Morgan fingerprint density at radius 1 is 0.750 bits per heavy atom. The Balaban J connectivity index is 1.71. The van der Waals surface area contributed by atoms with Crippen molar-refractivity contribution in [2.75, 3.05) is 0 Å². The molecule has 98 valence electrons. The summed E-state index contributed by atoms with van der Waals surface area (Å²) in [6, 6.07) is 13.9. The lowest BCUT2D eigenvalue weighted by molar-refractivity contribution is 0.918. The van der Waals surface area contributed by atoms with Gasteiger partial charge in [-0.2, -0.15) is 0 Å². The Labute approximate surface area is 120 Å². The molecule has 0 bridgehead atoms. The first-order valence-corrected chi connectivity index (χ1v) is 7.40. The summed E-state index contributed by atoms with van der Waals surface area (Å²) in [7, 11) is 0. The molecule has 0 heteroatoms. The minimum absolute atomic E-state index is 0.452. The maximum absolute atomic E-state index is 2.35. The highest BCUT2D eigenvalue weighted by Crippen LogP contribution is 2.31. The van der Waals surface area contributed by atoms with Crippen LogP contribution in [0.1, 0.15) is 46.2 Å². The summed E-state index contributed by atoms with van der Waals surface area (Å²) in [5, 5.41) is 0. The molecule has 0 heterocycles. The van der Waals surface area contributed by atoms with Crippen molar-refractivity contribution < 1.29 is 0 Å². The lowest BCUT2D eigenvalue weighted by Gasteiger charge is -2.15. The third-order valence-corrected chi connectivity index (χ3v) is 4.61. The second-order valence-electron chi connectivity index (χ2n) is 5.85. The fourth-order valence-corrected chi connectivity index (χ4v) is 3.27. The average molecular weight is 258 g/mol. The normalized spacial score (nSPS) is 14.9. The van der Waals surface area contributed by atoms with Gasteiger partial charge >= 0.3 is 0 Å². The highest BCUT2D eigenvalue weighted by atomic mass is 14.2. The van der Waals surface area contributed by atoms with E-state index in [1.165, 1.54) is 33.4 Å². The maximum Gasteiger partial charge on any atom is 0.00614 e. The van der Waals surface area contributed by atoms with Crippen LogP contribution in [0.5, 0.6) is 0 Å². The largest absolute Gasteiger partial charge is 0.0795 e. The number of hydrogen-bond acceptors (Lipinski definition) is 0. The summed E-state index contributed by atoms with van der Waals surface area (Å²) in [5.41, 5.74) is 8.54. The highest BCUT2D eigenvalue weighted by Gasteiger charge is 2.14. The SMILES string of the molecule is CC(c1ccc2c(c1)C=CC2)c1ccc2c(c1)C=CC2. The molecule has 0 saturated carbocycles. The summed E-state index contributed by atoms with van der Waals surface area (Å²) in [6.07, 6.45) is 11.2. The van der Waals surface area contributed by atoms with Crippen LogP contribution in [0.15, 0.2) is 48.6 Å². The zero-order chi connectivity index (χ0) is 13.5. The van der Waals surface area contributed by atoms with Gasteiger partial charge in [-0.3, -0.25) is 0 Å². The van der Waals surface area contributed by atoms with E-state index >= 15 is 0 Å². The van der Waals surface area contributed by atoms with Gasteiger partial charge in [0.15, 0.2) is 0 Å². The molecule has 2 aliphatic carbocycles.